The Morgan fingerprint density at radius 3 is 1.91 bits per heavy atom. The molecule has 0 N–H and O–H groups in total. The molecule has 0 saturated carbocycles. The molecule has 0 aliphatic carbocycles. The number of ether oxygens (including phenoxy) is 1. The van der Waals surface area contributed by atoms with Gasteiger partial charge < -0.3 is 26.2 Å². The molecule has 0 amide bonds. The Morgan fingerprint density at radius 2 is 1.32 bits per heavy atom. The van der Waals surface area contributed by atoms with E-state index in [0.717, 1.165) is 17.4 Å². The molecule has 0 bridgehead atoms. The van der Waals surface area contributed by atoms with Crippen LogP contribution in [0.25, 0.3) is 0 Å². The molecule has 0 unspecified atom stereocenters. The van der Waals surface area contributed by atoms with E-state index in [2.05, 4.69) is 27.9 Å². The van der Waals surface area contributed by atoms with Crippen molar-refractivity contribution in [3.63, 3.8) is 0 Å². The summed E-state index contributed by atoms with van der Waals surface area (Å²) in [4.78, 5) is 11.8. The number of carbonyl (C=O) groups is 1. The van der Waals surface area contributed by atoms with Gasteiger partial charge in [0, 0.05) is 0 Å². The van der Waals surface area contributed by atoms with Crippen LogP contribution in [-0.4, -0.2) is 44.2 Å². The second-order valence-electron chi connectivity index (χ2n) is 6.87. The average molecular weight is 380 g/mol. The first-order valence-corrected chi connectivity index (χ1v) is 8.99. The van der Waals surface area contributed by atoms with E-state index >= 15 is 0 Å². The number of rotatable bonds is 14. The van der Waals surface area contributed by atoms with Crippen LogP contribution >= 0.6 is 0 Å². The Morgan fingerprint density at radius 1 is 0.818 bits per heavy atom. The highest BCUT2D eigenvalue weighted by atomic mass is 79.9. The van der Waals surface area contributed by atoms with E-state index in [4.69, 9.17) is 4.74 Å². The minimum Gasteiger partial charge on any atom is -1.00 e. The standard InChI is InChI=1S/C18H38NO2.BrH/c1-5-7-9-11-12-13-15-19(3,4)17-18(20)21-16-14-10-8-6-2;/h5-17H2,1-4H3;1H/q+1;/p-1. The highest BCUT2D eigenvalue weighted by Gasteiger charge is 2.20. The minimum absolute atomic E-state index is 0. The Hall–Kier alpha value is -0.0900. The van der Waals surface area contributed by atoms with E-state index in [1.807, 2.05) is 0 Å². The first-order valence-electron chi connectivity index (χ1n) is 8.99. The van der Waals surface area contributed by atoms with Crippen molar-refractivity contribution >= 4 is 5.97 Å². The molecular formula is C18H38BrNO2. The summed E-state index contributed by atoms with van der Waals surface area (Å²) in [5.74, 6) is -0.0394. The number of hydrogen-bond donors (Lipinski definition) is 0. The fraction of sp³-hybridized carbons (Fsp3) is 0.944. The molecule has 0 rings (SSSR count). The van der Waals surface area contributed by atoms with Crippen molar-refractivity contribution in [3.05, 3.63) is 0 Å². The highest BCUT2D eigenvalue weighted by molar-refractivity contribution is 5.70. The first kappa shape index (κ1) is 24.2. The van der Waals surface area contributed by atoms with Crippen LogP contribution in [-0.2, 0) is 9.53 Å². The number of quaternary nitrogens is 1. The van der Waals surface area contributed by atoms with Gasteiger partial charge in [-0.2, -0.15) is 0 Å². The normalized spacial score (nSPS) is 11.1. The number of esters is 1. The van der Waals surface area contributed by atoms with E-state index in [0.29, 0.717) is 13.2 Å². The van der Waals surface area contributed by atoms with Gasteiger partial charge in [-0.1, -0.05) is 58.8 Å². The van der Waals surface area contributed by atoms with Crippen molar-refractivity contribution in [2.75, 3.05) is 33.8 Å². The number of unbranched alkanes of at least 4 members (excludes halogenated alkanes) is 8. The third-order valence-corrected chi connectivity index (χ3v) is 3.94. The molecule has 0 aromatic carbocycles. The van der Waals surface area contributed by atoms with Crippen molar-refractivity contribution < 1.29 is 31.0 Å². The van der Waals surface area contributed by atoms with Crippen LogP contribution in [0.3, 0.4) is 0 Å². The summed E-state index contributed by atoms with van der Waals surface area (Å²) in [6.07, 6.45) is 12.4. The molecule has 0 spiro atoms. The minimum atomic E-state index is -0.0394. The van der Waals surface area contributed by atoms with Gasteiger partial charge in [0.1, 0.15) is 0 Å². The Balaban J connectivity index is 0. The van der Waals surface area contributed by atoms with Crippen LogP contribution in [0.1, 0.15) is 78.1 Å². The monoisotopic (exact) mass is 379 g/mol. The smallest absolute Gasteiger partial charge is 0.361 e. The Bertz CT molecular complexity index is 257. The lowest BCUT2D eigenvalue weighted by molar-refractivity contribution is -0.883. The average Bonchev–Trinajstić information content (AvgIpc) is 2.42. The van der Waals surface area contributed by atoms with Crippen molar-refractivity contribution in [2.24, 2.45) is 0 Å². The summed E-state index contributed by atoms with van der Waals surface area (Å²) in [5, 5.41) is 0. The number of halogens is 1. The molecule has 0 aromatic heterocycles. The van der Waals surface area contributed by atoms with Gasteiger partial charge in [-0.25, -0.2) is 4.79 Å². The van der Waals surface area contributed by atoms with E-state index in [9.17, 15) is 4.79 Å². The Kier molecular flexibility index (Phi) is 17.3. The molecular weight excluding hydrogens is 342 g/mol. The van der Waals surface area contributed by atoms with Crippen molar-refractivity contribution in [2.45, 2.75) is 78.1 Å². The zero-order valence-electron chi connectivity index (χ0n) is 15.3. The van der Waals surface area contributed by atoms with Gasteiger partial charge in [-0.3, -0.25) is 0 Å². The van der Waals surface area contributed by atoms with Crippen LogP contribution in [0.15, 0.2) is 0 Å². The van der Waals surface area contributed by atoms with Crippen molar-refractivity contribution in [1.82, 2.24) is 0 Å². The van der Waals surface area contributed by atoms with Crippen LogP contribution in [0.2, 0.25) is 0 Å². The zero-order valence-corrected chi connectivity index (χ0v) is 16.9. The molecule has 0 saturated heterocycles. The van der Waals surface area contributed by atoms with Gasteiger partial charge in [0.25, 0.3) is 0 Å². The molecule has 134 valence electrons. The maximum atomic E-state index is 11.8. The predicted molar refractivity (Wildman–Crippen MR) is 90.3 cm³/mol. The summed E-state index contributed by atoms with van der Waals surface area (Å²) >= 11 is 0. The summed E-state index contributed by atoms with van der Waals surface area (Å²) < 4.78 is 6.08. The number of hydrogen-bond acceptors (Lipinski definition) is 2. The number of nitrogens with zero attached hydrogens (tertiary/aromatic N) is 1. The molecule has 3 nitrogen and oxygen atoms in total. The Labute approximate surface area is 149 Å². The predicted octanol–water partition coefficient (Wildman–Crippen LogP) is 1.55. The highest BCUT2D eigenvalue weighted by Crippen LogP contribution is 2.08. The van der Waals surface area contributed by atoms with Gasteiger partial charge >= 0.3 is 5.97 Å². The van der Waals surface area contributed by atoms with Crippen molar-refractivity contribution in [3.8, 4) is 0 Å². The molecule has 0 aliphatic heterocycles. The molecule has 0 heterocycles. The van der Waals surface area contributed by atoms with Crippen LogP contribution in [0.4, 0.5) is 0 Å². The molecule has 0 radical (unpaired) electrons. The summed E-state index contributed by atoms with van der Waals surface area (Å²) in [5.41, 5.74) is 0. The molecule has 0 atom stereocenters. The van der Waals surface area contributed by atoms with E-state index < -0.39 is 0 Å². The van der Waals surface area contributed by atoms with Crippen molar-refractivity contribution in [1.29, 1.82) is 0 Å². The topological polar surface area (TPSA) is 26.3 Å². The molecule has 4 heteroatoms. The number of likely N-dealkylation sites (N-methyl/N-ethyl adjacent to an activating group) is 1. The molecule has 0 aromatic rings. The van der Waals surface area contributed by atoms with Gasteiger partial charge in [-0.05, 0) is 19.3 Å². The second kappa shape index (κ2) is 15.8. The number of carbonyl (C=O) groups excluding carboxylic acids is 1. The lowest BCUT2D eigenvalue weighted by Gasteiger charge is -2.28. The summed E-state index contributed by atoms with van der Waals surface area (Å²) in [6.45, 7) is 6.60. The molecule has 0 fully saturated rings. The summed E-state index contributed by atoms with van der Waals surface area (Å²) in [7, 11) is 4.26. The zero-order chi connectivity index (χ0) is 16.0. The van der Waals surface area contributed by atoms with Gasteiger partial charge in [0.15, 0.2) is 6.54 Å². The molecule has 0 aliphatic rings. The first-order chi connectivity index (χ1) is 10.0. The maximum absolute atomic E-state index is 11.8. The quantitative estimate of drug-likeness (QED) is 0.260. The SMILES string of the molecule is CCCCCCCC[N+](C)(C)CC(=O)OCCCCCC.[Br-]. The van der Waals surface area contributed by atoms with E-state index in [1.165, 1.54) is 57.8 Å². The fourth-order valence-electron chi connectivity index (χ4n) is 2.51. The van der Waals surface area contributed by atoms with E-state index in [1.54, 1.807) is 0 Å². The van der Waals surface area contributed by atoms with Crippen LogP contribution < -0.4 is 17.0 Å². The van der Waals surface area contributed by atoms with Crippen LogP contribution in [0, 0.1) is 0 Å². The third kappa shape index (κ3) is 16.3. The van der Waals surface area contributed by atoms with Gasteiger partial charge in [-0.15, -0.1) is 0 Å². The molecule has 22 heavy (non-hydrogen) atoms. The fourth-order valence-corrected chi connectivity index (χ4v) is 2.51. The van der Waals surface area contributed by atoms with Crippen LogP contribution in [0.5, 0.6) is 0 Å². The van der Waals surface area contributed by atoms with E-state index in [-0.39, 0.29) is 23.0 Å². The maximum Gasteiger partial charge on any atom is 0.361 e. The second-order valence-corrected chi connectivity index (χ2v) is 6.87. The lowest BCUT2D eigenvalue weighted by atomic mass is 10.1. The largest absolute Gasteiger partial charge is 1.00 e. The summed E-state index contributed by atoms with van der Waals surface area (Å²) in [6, 6.07) is 0. The van der Waals surface area contributed by atoms with Gasteiger partial charge in [0.05, 0.1) is 27.2 Å². The lowest BCUT2D eigenvalue weighted by Crippen LogP contribution is -3.00. The van der Waals surface area contributed by atoms with Gasteiger partial charge in [0.2, 0.25) is 0 Å². The third-order valence-electron chi connectivity index (χ3n) is 3.94.